The number of carbonyl (C=O) groups excluding carboxylic acids is 2. The maximum absolute atomic E-state index is 12.2. The lowest BCUT2D eigenvalue weighted by atomic mass is 10.2. The number of imide groups is 1. The molecular formula is C13H12N4O3. The fourth-order valence-corrected chi connectivity index (χ4v) is 2.16. The fraction of sp³-hybridized carbons (Fsp3) is 0.231. The van der Waals surface area contributed by atoms with E-state index in [0.29, 0.717) is 24.0 Å². The van der Waals surface area contributed by atoms with Gasteiger partial charge in [-0.1, -0.05) is 12.1 Å². The number of hydrogen-bond donors (Lipinski definition) is 1. The van der Waals surface area contributed by atoms with Gasteiger partial charge in [0.2, 0.25) is 0 Å². The highest BCUT2D eigenvalue weighted by atomic mass is 16.2. The van der Waals surface area contributed by atoms with Gasteiger partial charge in [0, 0.05) is 13.1 Å². The molecule has 0 aliphatic carbocycles. The third kappa shape index (κ3) is 2.03. The molecule has 0 radical (unpaired) electrons. The Labute approximate surface area is 113 Å². The zero-order valence-corrected chi connectivity index (χ0v) is 10.6. The molecule has 3 amide bonds. The standard InChI is InChI=1S/C13H12N4O3/c18-11(17-6-5-14-13(17)20)7-16-8-15-10-4-2-1-3-9(10)12(16)19/h1-4,8H,5-7H2,(H,14,20). The van der Waals surface area contributed by atoms with E-state index >= 15 is 0 Å². The molecule has 1 fully saturated rings. The van der Waals surface area contributed by atoms with Gasteiger partial charge in [0.1, 0.15) is 6.54 Å². The van der Waals surface area contributed by atoms with Gasteiger partial charge in [-0.05, 0) is 12.1 Å². The summed E-state index contributed by atoms with van der Waals surface area (Å²) in [4.78, 5) is 40.8. The molecule has 1 aromatic carbocycles. The van der Waals surface area contributed by atoms with Crippen molar-refractivity contribution in [3.05, 3.63) is 40.9 Å². The van der Waals surface area contributed by atoms with E-state index < -0.39 is 11.9 Å². The maximum Gasteiger partial charge on any atom is 0.324 e. The summed E-state index contributed by atoms with van der Waals surface area (Å²) >= 11 is 0. The average Bonchev–Trinajstić information content (AvgIpc) is 2.88. The molecule has 1 saturated heterocycles. The van der Waals surface area contributed by atoms with Gasteiger partial charge in [0.05, 0.1) is 17.2 Å². The van der Waals surface area contributed by atoms with E-state index in [1.807, 2.05) is 0 Å². The SMILES string of the molecule is O=C(Cn1cnc2ccccc2c1=O)N1CCNC1=O. The van der Waals surface area contributed by atoms with Crippen LogP contribution in [0.4, 0.5) is 4.79 Å². The lowest BCUT2D eigenvalue weighted by molar-refractivity contribution is -0.128. The molecule has 2 aromatic rings. The van der Waals surface area contributed by atoms with Crippen LogP contribution in [-0.2, 0) is 11.3 Å². The number of aromatic nitrogens is 2. The van der Waals surface area contributed by atoms with Crippen molar-refractivity contribution >= 4 is 22.8 Å². The summed E-state index contributed by atoms with van der Waals surface area (Å²) in [7, 11) is 0. The Hall–Kier alpha value is -2.70. The topological polar surface area (TPSA) is 84.3 Å². The highest BCUT2D eigenvalue weighted by molar-refractivity contribution is 5.95. The van der Waals surface area contributed by atoms with Crippen LogP contribution < -0.4 is 10.9 Å². The number of benzene rings is 1. The van der Waals surface area contributed by atoms with E-state index in [0.717, 1.165) is 4.90 Å². The molecule has 102 valence electrons. The Balaban J connectivity index is 1.91. The van der Waals surface area contributed by atoms with Crippen molar-refractivity contribution in [3.8, 4) is 0 Å². The minimum atomic E-state index is -0.420. The molecule has 1 aliphatic rings. The zero-order chi connectivity index (χ0) is 14.1. The molecule has 7 heteroatoms. The van der Waals surface area contributed by atoms with Crippen molar-refractivity contribution in [2.45, 2.75) is 6.54 Å². The minimum Gasteiger partial charge on any atom is -0.336 e. The van der Waals surface area contributed by atoms with E-state index in [-0.39, 0.29) is 12.1 Å². The third-order valence-electron chi connectivity index (χ3n) is 3.19. The summed E-state index contributed by atoms with van der Waals surface area (Å²) in [6.07, 6.45) is 1.33. The van der Waals surface area contributed by atoms with Crippen LogP contribution in [0.2, 0.25) is 0 Å². The Kier molecular flexibility index (Phi) is 2.94. The number of rotatable bonds is 2. The molecule has 0 spiro atoms. The molecule has 0 bridgehead atoms. The number of hydrogen-bond acceptors (Lipinski definition) is 4. The maximum atomic E-state index is 12.2. The van der Waals surface area contributed by atoms with Crippen molar-refractivity contribution < 1.29 is 9.59 Å². The molecule has 0 atom stereocenters. The van der Waals surface area contributed by atoms with Crippen molar-refractivity contribution in [1.29, 1.82) is 0 Å². The van der Waals surface area contributed by atoms with Crippen molar-refractivity contribution in [2.24, 2.45) is 0 Å². The number of amides is 3. The molecule has 1 aromatic heterocycles. The van der Waals surface area contributed by atoms with E-state index in [2.05, 4.69) is 10.3 Å². The van der Waals surface area contributed by atoms with Gasteiger partial charge >= 0.3 is 6.03 Å². The normalized spacial score (nSPS) is 14.6. The van der Waals surface area contributed by atoms with Crippen LogP contribution in [0.15, 0.2) is 35.4 Å². The molecule has 0 saturated carbocycles. The Morgan fingerprint density at radius 1 is 1.30 bits per heavy atom. The molecule has 1 N–H and O–H groups in total. The molecule has 20 heavy (non-hydrogen) atoms. The van der Waals surface area contributed by atoms with Gasteiger partial charge in [0.25, 0.3) is 11.5 Å². The summed E-state index contributed by atoms with van der Waals surface area (Å²) < 4.78 is 1.22. The predicted octanol–water partition coefficient (Wildman–Crippen LogP) is -0.0517. The summed E-state index contributed by atoms with van der Waals surface area (Å²) in [6, 6.07) is 6.51. The van der Waals surface area contributed by atoms with Crippen LogP contribution in [0.25, 0.3) is 10.9 Å². The first kappa shape index (κ1) is 12.3. The Bertz CT molecular complexity index is 753. The first-order valence-electron chi connectivity index (χ1n) is 6.19. The molecule has 1 aliphatic heterocycles. The highest BCUT2D eigenvalue weighted by Crippen LogP contribution is 2.05. The van der Waals surface area contributed by atoms with E-state index in [1.165, 1.54) is 10.9 Å². The number of carbonyl (C=O) groups is 2. The van der Waals surface area contributed by atoms with Crippen LogP contribution in [0.1, 0.15) is 0 Å². The van der Waals surface area contributed by atoms with Crippen LogP contribution >= 0.6 is 0 Å². The van der Waals surface area contributed by atoms with Crippen LogP contribution in [0.3, 0.4) is 0 Å². The van der Waals surface area contributed by atoms with Gasteiger partial charge in [-0.25, -0.2) is 9.78 Å². The molecule has 2 heterocycles. The Morgan fingerprint density at radius 2 is 2.10 bits per heavy atom. The highest BCUT2D eigenvalue weighted by Gasteiger charge is 2.26. The lowest BCUT2D eigenvalue weighted by Gasteiger charge is -2.13. The second-order valence-corrected chi connectivity index (χ2v) is 4.47. The zero-order valence-electron chi connectivity index (χ0n) is 10.6. The van der Waals surface area contributed by atoms with E-state index in [9.17, 15) is 14.4 Å². The Morgan fingerprint density at radius 3 is 2.85 bits per heavy atom. The first-order chi connectivity index (χ1) is 9.66. The smallest absolute Gasteiger partial charge is 0.324 e. The number of para-hydroxylation sites is 1. The monoisotopic (exact) mass is 272 g/mol. The molecule has 0 unspecified atom stereocenters. The van der Waals surface area contributed by atoms with Gasteiger partial charge < -0.3 is 5.32 Å². The number of urea groups is 1. The summed E-state index contributed by atoms with van der Waals surface area (Å²) in [5.74, 6) is -0.417. The fourth-order valence-electron chi connectivity index (χ4n) is 2.16. The van der Waals surface area contributed by atoms with Crippen LogP contribution in [-0.4, -0.2) is 39.5 Å². The average molecular weight is 272 g/mol. The van der Waals surface area contributed by atoms with E-state index in [1.54, 1.807) is 24.3 Å². The number of fused-ring (bicyclic) bond motifs is 1. The van der Waals surface area contributed by atoms with Crippen LogP contribution in [0, 0.1) is 0 Å². The second kappa shape index (κ2) is 4.76. The quantitative estimate of drug-likeness (QED) is 0.830. The van der Waals surface area contributed by atoms with Gasteiger partial charge in [0.15, 0.2) is 0 Å². The van der Waals surface area contributed by atoms with Crippen molar-refractivity contribution in [3.63, 3.8) is 0 Å². The lowest BCUT2D eigenvalue weighted by Crippen LogP contribution is -2.38. The van der Waals surface area contributed by atoms with Crippen LogP contribution in [0.5, 0.6) is 0 Å². The summed E-state index contributed by atoms with van der Waals surface area (Å²) in [5, 5.41) is 3.00. The number of nitrogens with one attached hydrogen (secondary N) is 1. The predicted molar refractivity (Wildman–Crippen MR) is 71.1 cm³/mol. The molecule has 3 rings (SSSR count). The van der Waals surface area contributed by atoms with Gasteiger partial charge in [-0.15, -0.1) is 0 Å². The number of nitrogens with zero attached hydrogens (tertiary/aromatic N) is 3. The van der Waals surface area contributed by atoms with Gasteiger partial charge in [-0.2, -0.15) is 0 Å². The molecular weight excluding hydrogens is 260 g/mol. The van der Waals surface area contributed by atoms with Crippen molar-refractivity contribution in [1.82, 2.24) is 19.8 Å². The largest absolute Gasteiger partial charge is 0.336 e. The third-order valence-corrected chi connectivity index (χ3v) is 3.19. The summed E-state index contributed by atoms with van der Waals surface area (Å²) in [5.41, 5.74) is 0.295. The minimum absolute atomic E-state index is 0.190. The first-order valence-corrected chi connectivity index (χ1v) is 6.19. The van der Waals surface area contributed by atoms with Gasteiger partial charge in [-0.3, -0.25) is 19.1 Å². The summed E-state index contributed by atoms with van der Waals surface area (Å²) in [6.45, 7) is 0.576. The second-order valence-electron chi connectivity index (χ2n) is 4.47. The molecule has 7 nitrogen and oxygen atoms in total. The van der Waals surface area contributed by atoms with Crippen molar-refractivity contribution in [2.75, 3.05) is 13.1 Å². The van der Waals surface area contributed by atoms with E-state index in [4.69, 9.17) is 0 Å².